The summed E-state index contributed by atoms with van der Waals surface area (Å²) < 4.78 is 42.1. The molecular weight excluding hydrogens is 541 g/mol. The van der Waals surface area contributed by atoms with E-state index in [0.717, 1.165) is 16.4 Å². The fraction of sp³-hybridized carbons (Fsp3) is 0.310. The van der Waals surface area contributed by atoms with Crippen molar-refractivity contribution >= 4 is 39.1 Å². The Bertz CT molecular complexity index is 1370. The molecule has 0 saturated carbocycles. The van der Waals surface area contributed by atoms with Crippen molar-refractivity contribution in [3.05, 3.63) is 95.3 Å². The number of hydrogen-bond donors (Lipinski definition) is 1. The van der Waals surface area contributed by atoms with E-state index in [0.29, 0.717) is 23.4 Å². The van der Waals surface area contributed by atoms with Crippen LogP contribution >= 0.6 is 11.6 Å². The molecule has 3 aromatic carbocycles. The summed E-state index contributed by atoms with van der Waals surface area (Å²) in [5.41, 5.74) is 0.727. The number of halogens is 2. The van der Waals surface area contributed by atoms with E-state index >= 15 is 0 Å². The van der Waals surface area contributed by atoms with Crippen LogP contribution in [0.4, 0.5) is 10.1 Å². The average Bonchev–Trinajstić information content (AvgIpc) is 2.93. The van der Waals surface area contributed by atoms with Gasteiger partial charge in [0, 0.05) is 17.6 Å². The predicted molar refractivity (Wildman–Crippen MR) is 151 cm³/mol. The predicted octanol–water partition coefficient (Wildman–Crippen LogP) is 5.40. The second kappa shape index (κ2) is 13.6. The van der Waals surface area contributed by atoms with Gasteiger partial charge in [-0.3, -0.25) is 13.9 Å². The molecule has 0 aliphatic carbocycles. The summed E-state index contributed by atoms with van der Waals surface area (Å²) in [7, 11) is -4.22. The Morgan fingerprint density at radius 3 is 2.13 bits per heavy atom. The number of carbonyl (C=O) groups excluding carboxylic acids is 2. The van der Waals surface area contributed by atoms with Gasteiger partial charge in [0.05, 0.1) is 10.6 Å². The van der Waals surface area contributed by atoms with Gasteiger partial charge in [-0.25, -0.2) is 12.8 Å². The summed E-state index contributed by atoms with van der Waals surface area (Å²) in [6.45, 7) is 4.97. The smallest absolute Gasteiger partial charge is 0.264 e. The fourth-order valence-corrected chi connectivity index (χ4v) is 5.66. The Kier molecular flexibility index (Phi) is 10.5. The summed E-state index contributed by atoms with van der Waals surface area (Å²) in [5.74, 6) is -1.49. The van der Waals surface area contributed by atoms with Crippen LogP contribution in [0.15, 0.2) is 83.8 Å². The number of carbonyl (C=O) groups is 2. The van der Waals surface area contributed by atoms with E-state index in [9.17, 15) is 22.4 Å². The number of hydrogen-bond acceptors (Lipinski definition) is 4. The van der Waals surface area contributed by atoms with Crippen molar-refractivity contribution in [3.63, 3.8) is 0 Å². The summed E-state index contributed by atoms with van der Waals surface area (Å²) in [6.07, 6.45) is 0.995. The van der Waals surface area contributed by atoms with Crippen molar-refractivity contribution in [3.8, 4) is 0 Å². The molecule has 3 aromatic rings. The van der Waals surface area contributed by atoms with Crippen LogP contribution in [-0.4, -0.2) is 43.8 Å². The van der Waals surface area contributed by atoms with Gasteiger partial charge in [0.2, 0.25) is 11.8 Å². The highest BCUT2D eigenvalue weighted by Crippen LogP contribution is 2.26. The van der Waals surface area contributed by atoms with Crippen LogP contribution in [-0.2, 0) is 26.2 Å². The molecule has 0 aliphatic heterocycles. The van der Waals surface area contributed by atoms with Crippen molar-refractivity contribution in [1.82, 2.24) is 10.2 Å². The average molecular weight is 574 g/mol. The molecule has 0 radical (unpaired) electrons. The minimum Gasteiger partial charge on any atom is -0.352 e. The normalized spacial score (nSPS) is 12.8. The molecule has 1 N–H and O–H groups in total. The molecule has 0 fully saturated rings. The van der Waals surface area contributed by atoms with Crippen LogP contribution in [0.3, 0.4) is 0 Å². The van der Waals surface area contributed by atoms with Crippen molar-refractivity contribution in [2.45, 2.75) is 57.1 Å². The lowest BCUT2D eigenvalue weighted by atomic mass is 10.1. The molecule has 0 aromatic heterocycles. The number of nitrogens with one attached hydrogen (secondary N) is 1. The van der Waals surface area contributed by atoms with Gasteiger partial charge >= 0.3 is 0 Å². The maximum absolute atomic E-state index is 14.0. The van der Waals surface area contributed by atoms with E-state index in [4.69, 9.17) is 11.6 Å². The van der Waals surface area contributed by atoms with Crippen molar-refractivity contribution in [2.24, 2.45) is 0 Å². The first-order valence-corrected chi connectivity index (χ1v) is 14.6. The zero-order valence-electron chi connectivity index (χ0n) is 22.2. The number of rotatable bonds is 12. The molecule has 0 heterocycles. The van der Waals surface area contributed by atoms with Gasteiger partial charge < -0.3 is 10.2 Å². The highest BCUT2D eigenvalue weighted by Gasteiger charge is 2.34. The highest BCUT2D eigenvalue weighted by molar-refractivity contribution is 7.92. The SMILES string of the molecule is CC[C@H](C)NC(=O)[C@H](CC)N(Cc1ccccc1Cl)C(=O)CN(c1ccc(F)cc1)S(=O)(=O)c1ccccc1. The number of sulfonamides is 1. The Balaban J connectivity index is 2.05. The molecule has 0 saturated heterocycles. The zero-order valence-corrected chi connectivity index (χ0v) is 23.8. The largest absolute Gasteiger partial charge is 0.352 e. The van der Waals surface area contributed by atoms with E-state index in [1.54, 1.807) is 49.4 Å². The molecule has 39 heavy (non-hydrogen) atoms. The molecular formula is C29H33ClFN3O4S. The standard InChI is InChI=1S/C29H33ClFN3O4S/c1-4-21(3)32-29(36)27(5-2)33(19-22-11-9-10-14-26(22)30)28(35)20-34(24-17-15-23(31)16-18-24)39(37,38)25-12-7-6-8-13-25/h6-18,21,27H,4-5,19-20H2,1-3H3,(H,32,36)/t21-,27-/m0/s1. The zero-order chi connectivity index (χ0) is 28.6. The van der Waals surface area contributed by atoms with Gasteiger partial charge in [-0.15, -0.1) is 0 Å². The molecule has 0 bridgehead atoms. The number of nitrogens with zero attached hydrogens (tertiary/aromatic N) is 2. The van der Waals surface area contributed by atoms with Crippen molar-refractivity contribution < 1.29 is 22.4 Å². The van der Waals surface area contributed by atoms with Crippen LogP contribution in [0, 0.1) is 5.82 Å². The molecule has 10 heteroatoms. The van der Waals surface area contributed by atoms with Gasteiger partial charge in [-0.1, -0.05) is 61.8 Å². The van der Waals surface area contributed by atoms with Gasteiger partial charge in [0.1, 0.15) is 18.4 Å². The third-order valence-corrected chi connectivity index (χ3v) is 8.57. The van der Waals surface area contributed by atoms with E-state index in [-0.39, 0.29) is 29.1 Å². The summed E-state index contributed by atoms with van der Waals surface area (Å²) in [6, 6.07) is 18.5. The highest BCUT2D eigenvalue weighted by atomic mass is 35.5. The third kappa shape index (κ3) is 7.58. The van der Waals surface area contributed by atoms with Crippen LogP contribution in [0.5, 0.6) is 0 Å². The number of anilines is 1. The second-order valence-corrected chi connectivity index (χ2v) is 11.4. The van der Waals surface area contributed by atoms with Crippen molar-refractivity contribution in [1.29, 1.82) is 0 Å². The van der Waals surface area contributed by atoms with Crippen molar-refractivity contribution in [2.75, 3.05) is 10.8 Å². The van der Waals surface area contributed by atoms with E-state index in [1.165, 1.54) is 29.2 Å². The second-order valence-electron chi connectivity index (χ2n) is 9.16. The Morgan fingerprint density at radius 2 is 1.54 bits per heavy atom. The molecule has 208 valence electrons. The van der Waals surface area contributed by atoms with Gasteiger partial charge in [-0.05, 0) is 67.8 Å². The monoisotopic (exact) mass is 573 g/mol. The minimum atomic E-state index is -4.22. The number of amides is 2. The van der Waals surface area contributed by atoms with E-state index < -0.39 is 34.3 Å². The van der Waals surface area contributed by atoms with E-state index in [1.807, 2.05) is 13.8 Å². The van der Waals surface area contributed by atoms with Crippen LogP contribution in [0.2, 0.25) is 5.02 Å². The van der Waals surface area contributed by atoms with Crippen LogP contribution in [0.1, 0.15) is 39.2 Å². The molecule has 0 aliphatic rings. The molecule has 0 spiro atoms. The molecule has 2 amide bonds. The lowest BCUT2D eigenvalue weighted by molar-refractivity contribution is -0.140. The molecule has 7 nitrogen and oxygen atoms in total. The van der Waals surface area contributed by atoms with Crippen LogP contribution in [0.25, 0.3) is 0 Å². The third-order valence-electron chi connectivity index (χ3n) is 6.41. The topological polar surface area (TPSA) is 86.8 Å². The van der Waals surface area contributed by atoms with E-state index in [2.05, 4.69) is 5.32 Å². The Labute approximate surface area is 234 Å². The van der Waals surface area contributed by atoms with Gasteiger partial charge in [0.25, 0.3) is 10.0 Å². The summed E-state index contributed by atoms with van der Waals surface area (Å²) in [4.78, 5) is 28.6. The first-order valence-electron chi connectivity index (χ1n) is 12.7. The first kappa shape index (κ1) is 30.1. The number of benzene rings is 3. The molecule has 3 rings (SSSR count). The van der Waals surface area contributed by atoms with Gasteiger partial charge in [-0.2, -0.15) is 0 Å². The minimum absolute atomic E-state index is 0.00637. The molecule has 0 unspecified atom stereocenters. The molecule has 2 atom stereocenters. The maximum Gasteiger partial charge on any atom is 0.264 e. The first-order chi connectivity index (χ1) is 18.6. The van der Waals surface area contributed by atoms with Crippen LogP contribution < -0.4 is 9.62 Å². The lowest BCUT2D eigenvalue weighted by Crippen LogP contribution is -2.53. The summed E-state index contributed by atoms with van der Waals surface area (Å²) >= 11 is 6.40. The fourth-order valence-electron chi connectivity index (χ4n) is 4.03. The maximum atomic E-state index is 14.0. The quantitative estimate of drug-likeness (QED) is 0.314. The summed E-state index contributed by atoms with van der Waals surface area (Å²) in [5, 5.41) is 3.34. The van der Waals surface area contributed by atoms with Gasteiger partial charge in [0.15, 0.2) is 0 Å². The Morgan fingerprint density at radius 1 is 0.923 bits per heavy atom. The Hall–Kier alpha value is -3.43. The lowest BCUT2D eigenvalue weighted by Gasteiger charge is -2.34.